The van der Waals surface area contributed by atoms with Gasteiger partial charge in [0.05, 0.1) is 5.41 Å². The SMILES string of the molecule is [2H]C([2H])([2H])c1cc(-n2c3cc(Oc4cccc(-n5[c](=[Pt])n(C)c6ccccc65)c4)ccc3c3cc4c(cc32)C2(c3ccccc3-c3ccccc32)c2ccccc2-4)ncc1-c1ccc(C(C)(C)C)cc1. The van der Waals surface area contributed by atoms with E-state index in [9.17, 15) is 0 Å². The molecule has 0 saturated heterocycles. The molecule has 5 nitrogen and oxygen atoms in total. The third kappa shape index (κ3) is 5.77. The number of para-hydroxylation sites is 2. The second-order valence-corrected chi connectivity index (χ2v) is 20.0. The van der Waals surface area contributed by atoms with Crippen molar-refractivity contribution in [1.29, 1.82) is 0 Å². The molecule has 2 aliphatic carbocycles. The summed E-state index contributed by atoms with van der Waals surface area (Å²) in [5, 5.41) is 2.04. The first-order valence-electron chi connectivity index (χ1n) is 24.2. The first-order valence-corrected chi connectivity index (χ1v) is 23.9. The van der Waals surface area contributed by atoms with Gasteiger partial charge >= 0.3 is 194 Å². The number of nitrogens with zero attached hydrogens (tertiary/aromatic N) is 4. The Morgan fingerprint density at radius 3 is 1.85 bits per heavy atom. The van der Waals surface area contributed by atoms with Crippen LogP contribution in [-0.2, 0) is 37.2 Å². The van der Waals surface area contributed by atoms with Crippen molar-refractivity contribution in [1.82, 2.24) is 18.7 Å². The van der Waals surface area contributed by atoms with E-state index in [0.29, 0.717) is 22.9 Å². The Hall–Kier alpha value is -7.33. The molecule has 0 amide bonds. The summed E-state index contributed by atoms with van der Waals surface area (Å²) in [7, 11) is 2.09. The third-order valence-corrected chi connectivity index (χ3v) is 15.5. The maximum absolute atomic E-state index is 8.94. The van der Waals surface area contributed by atoms with Gasteiger partial charge in [0.1, 0.15) is 0 Å². The smallest absolute Gasteiger partial charge is 0.0619 e. The van der Waals surface area contributed by atoms with Gasteiger partial charge in [0.25, 0.3) is 0 Å². The van der Waals surface area contributed by atoms with Gasteiger partial charge in [0.15, 0.2) is 0 Å². The maximum atomic E-state index is 8.94. The minimum absolute atomic E-state index is 0.0489. The van der Waals surface area contributed by atoms with Crippen molar-refractivity contribution in [3.05, 3.63) is 225 Å². The Labute approximate surface area is 404 Å². The molecule has 2 aliphatic rings. The van der Waals surface area contributed by atoms with Crippen molar-refractivity contribution in [2.24, 2.45) is 7.05 Å². The number of benzene rings is 8. The zero-order chi connectivity index (χ0) is 47.8. The predicted octanol–water partition coefficient (Wildman–Crippen LogP) is 14.9. The molecule has 0 N–H and O–H groups in total. The summed E-state index contributed by atoms with van der Waals surface area (Å²) in [4.78, 5) is 5.20. The molecule has 326 valence electrons. The molecule has 1 spiro atoms. The van der Waals surface area contributed by atoms with E-state index in [-0.39, 0.29) is 11.0 Å². The molecule has 0 bridgehead atoms. The standard InChI is InChI=1S/C61H46N4O.Pt/c1-38-31-59(62-36-50(38)39-25-27-40(28-26-39)60(2,3)4)65-57-33-43(66-42-16-14-15-41(32-42)64-37-63(5)55-23-12-13-24-56(55)64)29-30-47(57)49-34-48-46-19-8-11-22-53(46)61(54(48)35-58(49)65)51-20-9-6-17-44(51)45-18-7-10-21-52(45)61;/h6-36H,1-5H3;/i1D3;. The monoisotopic (exact) mass is 1050 g/mol. The van der Waals surface area contributed by atoms with Crippen LogP contribution >= 0.6 is 0 Å². The number of hydrogen-bond donors (Lipinski definition) is 0. The zero-order valence-corrected chi connectivity index (χ0v) is 39.7. The van der Waals surface area contributed by atoms with Crippen LogP contribution < -0.4 is 4.74 Å². The molecule has 0 saturated carbocycles. The van der Waals surface area contributed by atoms with Gasteiger partial charge in [-0.2, -0.15) is 0 Å². The number of aromatic nitrogens is 4. The molecule has 8 aromatic carbocycles. The van der Waals surface area contributed by atoms with Crippen molar-refractivity contribution in [3.8, 4) is 56.4 Å². The van der Waals surface area contributed by atoms with E-state index in [4.69, 9.17) is 13.8 Å². The van der Waals surface area contributed by atoms with E-state index in [1.54, 1.807) is 12.3 Å². The van der Waals surface area contributed by atoms with Crippen molar-refractivity contribution in [2.75, 3.05) is 0 Å². The molecule has 0 aliphatic heterocycles. The number of rotatable bonds is 5. The molecule has 3 aromatic heterocycles. The first-order chi connectivity index (χ1) is 33.8. The third-order valence-electron chi connectivity index (χ3n) is 14.3. The molecular weight excluding hydrogens is 1000 g/mol. The van der Waals surface area contributed by atoms with Crippen LogP contribution in [0.25, 0.3) is 77.7 Å². The van der Waals surface area contributed by atoms with Crippen molar-refractivity contribution in [3.63, 3.8) is 0 Å². The van der Waals surface area contributed by atoms with Crippen molar-refractivity contribution < 1.29 is 28.2 Å². The van der Waals surface area contributed by atoms with Crippen LogP contribution in [0.4, 0.5) is 0 Å². The van der Waals surface area contributed by atoms with Gasteiger partial charge < -0.3 is 0 Å². The van der Waals surface area contributed by atoms with Crippen LogP contribution in [0.5, 0.6) is 11.5 Å². The Bertz CT molecular complexity index is 4010. The Kier molecular flexibility index (Phi) is 8.02. The Morgan fingerprint density at radius 2 is 1.16 bits per heavy atom. The second kappa shape index (κ2) is 14.6. The normalized spacial score (nSPS) is 14.2. The minimum Gasteiger partial charge on any atom is -0.0619 e. The summed E-state index contributed by atoms with van der Waals surface area (Å²) in [5.41, 5.74) is 17.0. The molecule has 3 heterocycles. The van der Waals surface area contributed by atoms with E-state index >= 15 is 0 Å². The van der Waals surface area contributed by atoms with E-state index in [1.165, 1.54) is 50.1 Å². The molecule has 0 radical (unpaired) electrons. The molecule has 0 unspecified atom stereocenters. The first kappa shape index (κ1) is 36.8. The molecule has 67 heavy (non-hydrogen) atoms. The second-order valence-electron chi connectivity index (χ2n) is 19.0. The van der Waals surface area contributed by atoms with E-state index in [1.807, 2.05) is 30.3 Å². The molecule has 0 atom stereocenters. The quantitative estimate of drug-likeness (QED) is 0.172. The predicted molar refractivity (Wildman–Crippen MR) is 269 cm³/mol. The summed E-state index contributed by atoms with van der Waals surface area (Å²) in [6.07, 6.45) is 1.74. The van der Waals surface area contributed by atoms with E-state index in [2.05, 4.69) is 206 Å². The van der Waals surface area contributed by atoms with Crippen LogP contribution in [0.1, 0.15) is 58.3 Å². The summed E-state index contributed by atoms with van der Waals surface area (Å²) in [5.74, 6) is 1.85. The van der Waals surface area contributed by atoms with Crippen molar-refractivity contribution in [2.45, 2.75) is 38.5 Å². The van der Waals surface area contributed by atoms with Gasteiger partial charge in [0, 0.05) is 15.9 Å². The summed E-state index contributed by atoms with van der Waals surface area (Å²) >= 11 is 2.38. The van der Waals surface area contributed by atoms with Crippen LogP contribution in [0, 0.1) is 10.7 Å². The minimum atomic E-state index is -2.43. The molecule has 11 aromatic rings. The average Bonchev–Trinajstić information content (AvgIpc) is 4.03. The number of ether oxygens (including phenoxy) is 1. The van der Waals surface area contributed by atoms with Crippen LogP contribution in [-0.4, -0.2) is 18.7 Å². The van der Waals surface area contributed by atoms with Gasteiger partial charge in [0.2, 0.25) is 0 Å². The topological polar surface area (TPSA) is 36.9 Å². The number of aryl methyl sites for hydroxylation is 2. The molecule has 13 rings (SSSR count). The number of hydrogen-bond acceptors (Lipinski definition) is 2. The van der Waals surface area contributed by atoms with Gasteiger partial charge in [-0.05, 0) is 73.5 Å². The van der Waals surface area contributed by atoms with E-state index < -0.39 is 12.3 Å². The van der Waals surface area contributed by atoms with Gasteiger partial charge in [-0.15, -0.1) is 0 Å². The summed E-state index contributed by atoms with van der Waals surface area (Å²) < 4.78 is 41.3. The number of fused-ring (bicyclic) bond motifs is 14. The fraction of sp³-hybridized carbons (Fsp3) is 0.115. The van der Waals surface area contributed by atoms with Crippen LogP contribution in [0.2, 0.25) is 0 Å². The molecule has 6 heteroatoms. The van der Waals surface area contributed by atoms with Crippen LogP contribution in [0.15, 0.2) is 188 Å². The Morgan fingerprint density at radius 1 is 0.537 bits per heavy atom. The number of imidazole rings is 1. The number of pyridine rings is 1. The summed E-state index contributed by atoms with van der Waals surface area (Å²) in [6, 6.07) is 64.0. The van der Waals surface area contributed by atoms with Gasteiger partial charge in [-0.3, -0.25) is 0 Å². The van der Waals surface area contributed by atoms with Gasteiger partial charge in [-0.25, -0.2) is 0 Å². The zero-order valence-electron chi connectivity index (χ0n) is 40.4. The van der Waals surface area contributed by atoms with Gasteiger partial charge in [-0.1, -0.05) is 118 Å². The van der Waals surface area contributed by atoms with Crippen LogP contribution in [0.3, 0.4) is 0 Å². The van der Waals surface area contributed by atoms with E-state index in [0.717, 1.165) is 47.9 Å². The fourth-order valence-electron chi connectivity index (χ4n) is 11.2. The Balaban J connectivity index is 1.05. The molecule has 0 fully saturated rings. The fourth-order valence-corrected chi connectivity index (χ4v) is 12.0. The average molecular weight is 1050 g/mol. The van der Waals surface area contributed by atoms with Crippen molar-refractivity contribution >= 4 is 32.8 Å². The summed E-state index contributed by atoms with van der Waals surface area (Å²) in [6.45, 7) is 4.10. The molecular formula is C61H46N4OPt.